The number of hydrogen-bond donors (Lipinski definition) is 2. The lowest BCUT2D eigenvalue weighted by atomic mass is 9.93. The number of carbonyl (C=O) groups is 2. The molecule has 0 saturated carbocycles. The number of aromatic amines is 1. The van der Waals surface area contributed by atoms with Crippen molar-refractivity contribution in [2.45, 2.75) is 49.9 Å². The third-order valence-corrected chi connectivity index (χ3v) is 7.26. The molecule has 0 bridgehead atoms. The molecule has 0 unspecified atom stereocenters. The highest BCUT2D eigenvalue weighted by molar-refractivity contribution is 5.87. The number of piperidine rings is 1. The van der Waals surface area contributed by atoms with E-state index < -0.39 is 30.7 Å². The van der Waals surface area contributed by atoms with Gasteiger partial charge in [0.1, 0.15) is 12.6 Å². The minimum Gasteiger partial charge on any atom is -0.331 e. The molecule has 0 spiro atoms. The summed E-state index contributed by atoms with van der Waals surface area (Å²) in [6.45, 7) is -0.803. The number of halogens is 3. The molecule has 5 rings (SSSR count). The molecule has 202 valence electrons. The lowest BCUT2D eigenvalue weighted by Crippen LogP contribution is -2.54. The number of alkyl halides is 3. The minimum atomic E-state index is -4.55. The fourth-order valence-electron chi connectivity index (χ4n) is 5.41. The Morgan fingerprint density at radius 3 is 2.45 bits per heavy atom. The van der Waals surface area contributed by atoms with Crippen LogP contribution in [0.1, 0.15) is 43.2 Å². The second-order valence-corrected chi connectivity index (χ2v) is 9.77. The van der Waals surface area contributed by atoms with Gasteiger partial charge in [0.2, 0.25) is 5.91 Å². The van der Waals surface area contributed by atoms with Gasteiger partial charge in [0, 0.05) is 44.0 Å². The predicted octanol–water partition coefficient (Wildman–Crippen LogP) is 2.80. The number of nitrogens with one attached hydrogen (secondary N) is 2. The Morgan fingerprint density at radius 2 is 1.74 bits per heavy atom. The minimum absolute atomic E-state index is 0.0671. The first kappa shape index (κ1) is 25.7. The first-order valence-electron chi connectivity index (χ1n) is 12.6. The summed E-state index contributed by atoms with van der Waals surface area (Å²) in [5.74, 6) is -0.995. The molecule has 38 heavy (non-hydrogen) atoms. The zero-order valence-corrected chi connectivity index (χ0v) is 20.5. The number of amides is 3. The third kappa shape index (κ3) is 5.50. The van der Waals surface area contributed by atoms with E-state index in [4.69, 9.17) is 0 Å². The van der Waals surface area contributed by atoms with E-state index in [0.717, 1.165) is 10.5 Å². The maximum absolute atomic E-state index is 13.3. The SMILES string of the molecule is O=C(N[C@@H]1CC[C@@H](c2ccccc2)CN(CC(F)(F)F)C1=O)N1CCC(n2c(=O)[nH]c3nccnc32)CC1. The van der Waals surface area contributed by atoms with Crippen LogP contribution in [0.3, 0.4) is 0 Å². The van der Waals surface area contributed by atoms with Gasteiger partial charge in [-0.3, -0.25) is 14.3 Å². The molecule has 2 atom stereocenters. The van der Waals surface area contributed by atoms with Crippen LogP contribution in [0.25, 0.3) is 11.3 Å². The van der Waals surface area contributed by atoms with Crippen LogP contribution in [-0.4, -0.2) is 79.7 Å². The molecule has 2 fully saturated rings. The molecular formula is C25H28F3N7O3. The molecule has 0 radical (unpaired) electrons. The van der Waals surface area contributed by atoms with Crippen LogP contribution in [0, 0.1) is 0 Å². The Hall–Kier alpha value is -3.90. The van der Waals surface area contributed by atoms with Crippen LogP contribution < -0.4 is 11.0 Å². The van der Waals surface area contributed by atoms with E-state index in [2.05, 4.69) is 20.3 Å². The number of likely N-dealkylation sites (tertiary alicyclic amines) is 2. The van der Waals surface area contributed by atoms with Crippen molar-refractivity contribution in [3.05, 3.63) is 58.8 Å². The van der Waals surface area contributed by atoms with Crippen molar-refractivity contribution in [1.82, 2.24) is 34.6 Å². The van der Waals surface area contributed by atoms with Gasteiger partial charge in [-0.25, -0.2) is 19.6 Å². The summed E-state index contributed by atoms with van der Waals surface area (Å²) in [6.07, 6.45) is 0.0884. The van der Waals surface area contributed by atoms with Gasteiger partial charge in [0.15, 0.2) is 11.3 Å². The Labute approximate surface area is 215 Å². The number of H-pyrrole nitrogens is 1. The van der Waals surface area contributed by atoms with Crippen LogP contribution in [0.2, 0.25) is 0 Å². The summed E-state index contributed by atoms with van der Waals surface area (Å²) in [6, 6.07) is 7.40. The van der Waals surface area contributed by atoms with Crippen molar-refractivity contribution in [3.8, 4) is 0 Å². The van der Waals surface area contributed by atoms with Gasteiger partial charge in [0.25, 0.3) is 0 Å². The molecule has 2 aliphatic heterocycles. The van der Waals surface area contributed by atoms with E-state index in [1.54, 1.807) is 4.57 Å². The lowest BCUT2D eigenvalue weighted by Gasteiger charge is -2.33. The maximum atomic E-state index is 13.3. The summed E-state index contributed by atoms with van der Waals surface area (Å²) in [4.78, 5) is 52.0. The molecule has 4 heterocycles. The first-order valence-corrected chi connectivity index (χ1v) is 12.6. The molecule has 2 N–H and O–H groups in total. The number of carbonyl (C=O) groups excluding carboxylic acids is 2. The van der Waals surface area contributed by atoms with Gasteiger partial charge in [-0.2, -0.15) is 13.2 Å². The molecule has 2 aromatic heterocycles. The highest BCUT2D eigenvalue weighted by atomic mass is 19.4. The second-order valence-electron chi connectivity index (χ2n) is 9.77. The average molecular weight is 532 g/mol. The van der Waals surface area contributed by atoms with E-state index in [-0.39, 0.29) is 30.6 Å². The van der Waals surface area contributed by atoms with Crippen LogP contribution in [0.4, 0.5) is 18.0 Å². The zero-order chi connectivity index (χ0) is 26.9. The predicted molar refractivity (Wildman–Crippen MR) is 131 cm³/mol. The maximum Gasteiger partial charge on any atom is 0.406 e. The smallest absolute Gasteiger partial charge is 0.331 e. The number of fused-ring (bicyclic) bond motifs is 1. The van der Waals surface area contributed by atoms with Gasteiger partial charge < -0.3 is 15.1 Å². The number of imidazole rings is 1. The van der Waals surface area contributed by atoms with Gasteiger partial charge in [-0.15, -0.1) is 0 Å². The van der Waals surface area contributed by atoms with Crippen molar-refractivity contribution in [1.29, 1.82) is 0 Å². The third-order valence-electron chi connectivity index (χ3n) is 7.26. The Kier molecular flexibility index (Phi) is 7.09. The molecular weight excluding hydrogens is 503 g/mol. The molecule has 2 saturated heterocycles. The molecule has 10 nitrogen and oxygen atoms in total. The summed E-state index contributed by atoms with van der Waals surface area (Å²) in [5, 5.41) is 2.69. The van der Waals surface area contributed by atoms with E-state index in [0.29, 0.717) is 43.6 Å². The quantitative estimate of drug-likeness (QED) is 0.537. The van der Waals surface area contributed by atoms with Crippen LogP contribution in [-0.2, 0) is 4.79 Å². The zero-order valence-electron chi connectivity index (χ0n) is 20.5. The fraction of sp³-hybridized carbons (Fsp3) is 0.480. The number of hydrogen-bond acceptors (Lipinski definition) is 5. The van der Waals surface area contributed by atoms with Gasteiger partial charge in [-0.05, 0) is 31.2 Å². The average Bonchev–Trinajstić information content (AvgIpc) is 3.16. The van der Waals surface area contributed by atoms with E-state index >= 15 is 0 Å². The molecule has 3 amide bonds. The van der Waals surface area contributed by atoms with Gasteiger partial charge in [0.05, 0.1) is 0 Å². The Bertz CT molecular complexity index is 1350. The number of aromatic nitrogens is 4. The van der Waals surface area contributed by atoms with Crippen LogP contribution in [0.5, 0.6) is 0 Å². The van der Waals surface area contributed by atoms with Crippen LogP contribution in [0.15, 0.2) is 47.5 Å². The largest absolute Gasteiger partial charge is 0.406 e. The number of benzene rings is 1. The number of rotatable bonds is 4. The number of urea groups is 1. The summed E-state index contributed by atoms with van der Waals surface area (Å²) < 4.78 is 41.5. The monoisotopic (exact) mass is 531 g/mol. The standard InChI is InChI=1S/C25H28F3N7O3/c26-25(27,28)15-34-14-17(16-4-2-1-3-5-16)6-7-19(22(34)36)31-23(37)33-12-8-18(9-13-33)35-21-20(32-24(35)38)29-10-11-30-21/h1-5,10-11,17-19H,6-9,12-15H2,(H,31,37)(H,29,32,38)/t17-,19-/m1/s1. The van der Waals surface area contributed by atoms with Gasteiger partial charge in [-0.1, -0.05) is 30.3 Å². The van der Waals surface area contributed by atoms with Crippen molar-refractivity contribution < 1.29 is 22.8 Å². The summed E-state index contributed by atoms with van der Waals surface area (Å²) >= 11 is 0. The molecule has 3 aromatic rings. The lowest BCUT2D eigenvalue weighted by molar-refractivity contribution is -0.162. The van der Waals surface area contributed by atoms with Crippen molar-refractivity contribution >= 4 is 23.2 Å². The molecule has 0 aliphatic carbocycles. The molecule has 13 heteroatoms. The number of nitrogens with zero attached hydrogens (tertiary/aromatic N) is 5. The van der Waals surface area contributed by atoms with E-state index in [1.165, 1.54) is 17.3 Å². The van der Waals surface area contributed by atoms with Crippen molar-refractivity contribution in [3.63, 3.8) is 0 Å². The first-order chi connectivity index (χ1) is 18.2. The highest BCUT2D eigenvalue weighted by Crippen LogP contribution is 2.30. The molecule has 2 aliphatic rings. The summed E-state index contributed by atoms with van der Waals surface area (Å²) in [5.41, 5.74) is 1.37. The fourth-order valence-corrected chi connectivity index (χ4v) is 5.41. The summed E-state index contributed by atoms with van der Waals surface area (Å²) in [7, 11) is 0. The van der Waals surface area contributed by atoms with Crippen LogP contribution >= 0.6 is 0 Å². The Balaban J connectivity index is 1.25. The topological polar surface area (TPSA) is 116 Å². The van der Waals surface area contributed by atoms with Crippen molar-refractivity contribution in [2.24, 2.45) is 0 Å². The van der Waals surface area contributed by atoms with Crippen molar-refractivity contribution in [2.75, 3.05) is 26.2 Å². The molecule has 1 aromatic carbocycles. The Morgan fingerprint density at radius 1 is 1.03 bits per heavy atom. The normalized spacial score (nSPS) is 21.5. The van der Waals surface area contributed by atoms with E-state index in [1.807, 2.05) is 30.3 Å². The van der Waals surface area contributed by atoms with E-state index in [9.17, 15) is 27.6 Å². The highest BCUT2D eigenvalue weighted by Gasteiger charge is 2.40. The second kappa shape index (κ2) is 10.5. The van der Waals surface area contributed by atoms with Gasteiger partial charge >= 0.3 is 17.9 Å².